The monoisotopic (exact) mass is 490 g/mol. The molecule has 0 saturated heterocycles. The molecule has 3 aromatic carbocycles. The lowest BCUT2D eigenvalue weighted by molar-refractivity contribution is 0.102. The molecule has 0 radical (unpaired) electrons. The summed E-state index contributed by atoms with van der Waals surface area (Å²) in [5, 5.41) is 2.70. The maximum absolute atomic E-state index is 12.9. The molecule has 2 N–H and O–H groups in total. The van der Waals surface area contributed by atoms with Crippen molar-refractivity contribution in [1.82, 2.24) is 0 Å². The Morgan fingerprint density at radius 2 is 1.50 bits per heavy atom. The molecule has 0 atom stereocenters. The van der Waals surface area contributed by atoms with Gasteiger partial charge in [-0.15, -0.1) is 0 Å². The van der Waals surface area contributed by atoms with Gasteiger partial charge in [0.15, 0.2) is 0 Å². The average molecular weight is 491 g/mol. The molecule has 3 rings (SSSR count). The molecule has 0 heterocycles. The number of sulfonamides is 1. The van der Waals surface area contributed by atoms with Crippen molar-refractivity contribution >= 4 is 43.2 Å². The van der Waals surface area contributed by atoms with Gasteiger partial charge in [-0.3, -0.25) is 9.52 Å². The van der Waals surface area contributed by atoms with Crippen molar-refractivity contribution in [2.75, 3.05) is 24.3 Å². The van der Waals surface area contributed by atoms with E-state index in [2.05, 4.69) is 26.0 Å². The predicted molar refractivity (Wildman–Crippen MR) is 119 cm³/mol. The highest BCUT2D eigenvalue weighted by Crippen LogP contribution is 2.29. The summed E-state index contributed by atoms with van der Waals surface area (Å²) in [4.78, 5) is 12.4. The first-order valence-corrected chi connectivity index (χ1v) is 11.0. The molecule has 0 aliphatic carbocycles. The molecule has 0 fully saturated rings. The van der Waals surface area contributed by atoms with Gasteiger partial charge in [0.05, 0.1) is 14.2 Å². The number of halogens is 1. The van der Waals surface area contributed by atoms with Crippen LogP contribution in [0, 0.1) is 0 Å². The summed E-state index contributed by atoms with van der Waals surface area (Å²) in [6, 6.07) is 17.7. The Labute approximate surface area is 183 Å². The smallest absolute Gasteiger partial charge is 0.265 e. The number of benzene rings is 3. The molecule has 0 unspecified atom stereocenters. The van der Waals surface area contributed by atoms with Crippen LogP contribution in [0.1, 0.15) is 10.4 Å². The number of carbonyl (C=O) groups is 1. The molecule has 7 nitrogen and oxygen atoms in total. The summed E-state index contributed by atoms with van der Waals surface area (Å²) >= 11 is 3.31. The SMILES string of the molecule is COc1ccc(C(=O)Nc2ccc(OC)c(S(=O)(=O)Nc3ccc(Br)cc3)c2)cc1. The second-order valence-electron chi connectivity index (χ2n) is 6.16. The lowest BCUT2D eigenvalue weighted by Gasteiger charge is -2.14. The Bertz CT molecular complexity index is 1150. The molecule has 0 spiro atoms. The van der Waals surface area contributed by atoms with Crippen LogP contribution < -0.4 is 19.5 Å². The Morgan fingerprint density at radius 1 is 0.867 bits per heavy atom. The first-order valence-electron chi connectivity index (χ1n) is 8.74. The van der Waals surface area contributed by atoms with Crippen LogP contribution in [0.15, 0.2) is 76.1 Å². The van der Waals surface area contributed by atoms with Gasteiger partial charge in [-0.2, -0.15) is 0 Å². The van der Waals surface area contributed by atoms with Crippen molar-refractivity contribution < 1.29 is 22.7 Å². The van der Waals surface area contributed by atoms with E-state index < -0.39 is 10.0 Å². The van der Waals surface area contributed by atoms with Gasteiger partial charge in [0, 0.05) is 21.4 Å². The Hall–Kier alpha value is -3.04. The summed E-state index contributed by atoms with van der Waals surface area (Å²) < 4.78 is 39.4. The minimum Gasteiger partial charge on any atom is -0.497 e. The normalized spacial score (nSPS) is 10.9. The Morgan fingerprint density at radius 3 is 2.10 bits per heavy atom. The molecule has 0 bridgehead atoms. The topological polar surface area (TPSA) is 93.7 Å². The van der Waals surface area contributed by atoms with E-state index in [0.29, 0.717) is 22.7 Å². The number of hydrogen-bond acceptors (Lipinski definition) is 5. The third-order valence-corrected chi connectivity index (χ3v) is 6.09. The highest BCUT2D eigenvalue weighted by molar-refractivity contribution is 9.10. The van der Waals surface area contributed by atoms with Crippen molar-refractivity contribution in [3.05, 3.63) is 76.8 Å². The van der Waals surface area contributed by atoms with Crippen LogP contribution in [0.3, 0.4) is 0 Å². The Balaban J connectivity index is 1.86. The number of amides is 1. The number of carbonyl (C=O) groups excluding carboxylic acids is 1. The van der Waals surface area contributed by atoms with Gasteiger partial charge in [-0.05, 0) is 66.7 Å². The Kier molecular flexibility index (Phi) is 6.63. The van der Waals surface area contributed by atoms with Crippen LogP contribution in [0.5, 0.6) is 11.5 Å². The quantitative estimate of drug-likeness (QED) is 0.507. The van der Waals surface area contributed by atoms with Gasteiger partial charge >= 0.3 is 0 Å². The van der Waals surface area contributed by atoms with Crippen LogP contribution in [-0.4, -0.2) is 28.5 Å². The van der Waals surface area contributed by atoms with Crippen LogP contribution >= 0.6 is 15.9 Å². The number of anilines is 2. The van der Waals surface area contributed by atoms with E-state index in [0.717, 1.165) is 4.47 Å². The summed E-state index contributed by atoms with van der Waals surface area (Å²) in [5.41, 5.74) is 1.12. The van der Waals surface area contributed by atoms with E-state index in [-0.39, 0.29) is 16.6 Å². The lowest BCUT2D eigenvalue weighted by Crippen LogP contribution is -2.16. The summed E-state index contributed by atoms with van der Waals surface area (Å²) in [7, 11) is -1.04. The van der Waals surface area contributed by atoms with E-state index in [1.807, 2.05) is 0 Å². The molecular weight excluding hydrogens is 472 g/mol. The van der Waals surface area contributed by atoms with Crippen LogP contribution in [0.4, 0.5) is 11.4 Å². The fourth-order valence-electron chi connectivity index (χ4n) is 2.64. The van der Waals surface area contributed by atoms with Crippen molar-refractivity contribution in [2.45, 2.75) is 4.90 Å². The first kappa shape index (κ1) is 21.7. The third kappa shape index (κ3) is 5.11. The highest BCUT2D eigenvalue weighted by atomic mass is 79.9. The molecule has 3 aromatic rings. The van der Waals surface area contributed by atoms with Gasteiger partial charge in [0.2, 0.25) is 0 Å². The van der Waals surface area contributed by atoms with Gasteiger partial charge in [-0.25, -0.2) is 8.42 Å². The second-order valence-corrected chi connectivity index (χ2v) is 8.73. The van der Waals surface area contributed by atoms with E-state index in [1.165, 1.54) is 26.4 Å². The standard InChI is InChI=1S/C21H19BrN2O5S/c1-28-18-10-3-14(4-11-18)21(25)23-17-9-12-19(29-2)20(13-17)30(26,27)24-16-7-5-15(22)6-8-16/h3-13,24H,1-2H3,(H,23,25). The van der Waals surface area contributed by atoms with E-state index in [4.69, 9.17) is 9.47 Å². The molecule has 0 aliphatic rings. The van der Waals surface area contributed by atoms with E-state index in [9.17, 15) is 13.2 Å². The fraction of sp³-hybridized carbons (Fsp3) is 0.0952. The predicted octanol–water partition coefficient (Wildman–Crippen LogP) is 4.52. The number of hydrogen-bond donors (Lipinski definition) is 2. The van der Waals surface area contributed by atoms with Gasteiger partial charge < -0.3 is 14.8 Å². The maximum atomic E-state index is 12.9. The van der Waals surface area contributed by atoms with Gasteiger partial charge in [0.25, 0.3) is 15.9 Å². The minimum absolute atomic E-state index is 0.0968. The fourth-order valence-corrected chi connectivity index (χ4v) is 4.16. The summed E-state index contributed by atoms with van der Waals surface area (Å²) in [5.74, 6) is 0.400. The van der Waals surface area contributed by atoms with Gasteiger partial charge in [0.1, 0.15) is 16.4 Å². The molecule has 30 heavy (non-hydrogen) atoms. The summed E-state index contributed by atoms with van der Waals surface area (Å²) in [6.45, 7) is 0. The molecule has 156 valence electrons. The zero-order valence-corrected chi connectivity index (χ0v) is 18.6. The molecule has 0 aliphatic heterocycles. The molecule has 9 heteroatoms. The average Bonchev–Trinajstić information content (AvgIpc) is 2.75. The molecule has 1 amide bonds. The zero-order valence-electron chi connectivity index (χ0n) is 16.2. The number of ether oxygens (including phenoxy) is 2. The molecule has 0 aromatic heterocycles. The van der Waals surface area contributed by atoms with E-state index in [1.54, 1.807) is 54.6 Å². The highest BCUT2D eigenvalue weighted by Gasteiger charge is 2.21. The van der Waals surface area contributed by atoms with Crippen LogP contribution in [0.2, 0.25) is 0 Å². The van der Waals surface area contributed by atoms with Gasteiger partial charge in [-0.1, -0.05) is 15.9 Å². The number of nitrogens with one attached hydrogen (secondary N) is 2. The van der Waals surface area contributed by atoms with E-state index >= 15 is 0 Å². The molecular formula is C21H19BrN2O5S. The van der Waals surface area contributed by atoms with Crippen molar-refractivity contribution in [3.63, 3.8) is 0 Å². The maximum Gasteiger partial charge on any atom is 0.265 e. The lowest BCUT2D eigenvalue weighted by atomic mass is 10.2. The van der Waals surface area contributed by atoms with Crippen LogP contribution in [0.25, 0.3) is 0 Å². The van der Waals surface area contributed by atoms with Crippen LogP contribution in [-0.2, 0) is 10.0 Å². The number of methoxy groups -OCH3 is 2. The number of rotatable bonds is 7. The van der Waals surface area contributed by atoms with Crippen molar-refractivity contribution in [1.29, 1.82) is 0 Å². The van der Waals surface area contributed by atoms with Crippen molar-refractivity contribution in [3.8, 4) is 11.5 Å². The zero-order chi connectivity index (χ0) is 21.7. The summed E-state index contributed by atoms with van der Waals surface area (Å²) in [6.07, 6.45) is 0. The third-order valence-electron chi connectivity index (χ3n) is 4.16. The largest absolute Gasteiger partial charge is 0.497 e. The van der Waals surface area contributed by atoms with Crippen molar-refractivity contribution in [2.24, 2.45) is 0 Å². The minimum atomic E-state index is -3.96. The molecule has 0 saturated carbocycles. The second kappa shape index (κ2) is 9.19. The first-order chi connectivity index (χ1) is 14.3.